The van der Waals surface area contributed by atoms with E-state index in [4.69, 9.17) is 21.1 Å². The Morgan fingerprint density at radius 3 is 2.52 bits per heavy atom. The van der Waals surface area contributed by atoms with Crippen molar-refractivity contribution in [1.82, 2.24) is 10.2 Å². The Balaban J connectivity index is 1.91. The van der Waals surface area contributed by atoms with Crippen molar-refractivity contribution in [3.05, 3.63) is 22.7 Å². The van der Waals surface area contributed by atoms with Gasteiger partial charge in [0.2, 0.25) is 0 Å². The van der Waals surface area contributed by atoms with Crippen LogP contribution in [0.15, 0.2) is 12.1 Å². The van der Waals surface area contributed by atoms with Crippen LogP contribution in [0.5, 0.6) is 5.75 Å². The van der Waals surface area contributed by atoms with Crippen LogP contribution < -0.4 is 15.4 Å². The van der Waals surface area contributed by atoms with Gasteiger partial charge in [0.25, 0.3) is 11.8 Å². The Hall–Kier alpha value is -2.81. The number of nitrogens with one attached hydrogen (secondary N) is 2. The van der Waals surface area contributed by atoms with E-state index in [0.717, 1.165) is 10.5 Å². The summed E-state index contributed by atoms with van der Waals surface area (Å²) in [5.41, 5.74) is 0.0137. The van der Waals surface area contributed by atoms with Crippen LogP contribution in [-0.2, 0) is 19.1 Å². The molecule has 1 aromatic carbocycles. The number of urea groups is 1. The van der Waals surface area contributed by atoms with E-state index in [1.54, 1.807) is 19.1 Å². The van der Waals surface area contributed by atoms with Crippen LogP contribution in [0.25, 0.3) is 0 Å². The zero-order chi connectivity index (χ0) is 20.4. The number of benzene rings is 1. The predicted molar refractivity (Wildman–Crippen MR) is 96.7 cm³/mol. The van der Waals surface area contributed by atoms with Gasteiger partial charge in [-0.15, -0.1) is 0 Å². The highest BCUT2D eigenvalue weighted by atomic mass is 35.5. The van der Waals surface area contributed by atoms with Gasteiger partial charge in [0.15, 0.2) is 6.61 Å². The van der Waals surface area contributed by atoms with Crippen LogP contribution in [0.3, 0.4) is 0 Å². The summed E-state index contributed by atoms with van der Waals surface area (Å²) in [6.45, 7) is 3.64. The third-order valence-corrected chi connectivity index (χ3v) is 4.26. The molecule has 1 heterocycles. The first kappa shape index (κ1) is 20.5. The number of amides is 4. The lowest BCUT2D eigenvalue weighted by Crippen LogP contribution is -2.41. The summed E-state index contributed by atoms with van der Waals surface area (Å²) in [7, 11) is 1.43. The Morgan fingerprint density at radius 2 is 1.96 bits per heavy atom. The molecule has 2 N–H and O–H groups in total. The third kappa shape index (κ3) is 4.68. The summed E-state index contributed by atoms with van der Waals surface area (Å²) < 4.78 is 9.98. The normalized spacial score (nSPS) is 15.4. The van der Waals surface area contributed by atoms with Crippen molar-refractivity contribution in [2.24, 2.45) is 0 Å². The van der Waals surface area contributed by atoms with E-state index in [1.165, 1.54) is 21.0 Å². The second-order valence-corrected chi connectivity index (χ2v) is 6.86. The number of carbonyl (C=O) groups is 4. The average Bonchev–Trinajstić information content (AvgIpc) is 2.77. The summed E-state index contributed by atoms with van der Waals surface area (Å²) in [5.74, 6) is -1.69. The standard InChI is InChI=1S/C17H20ClN3O6/c1-9-5-11(12(26-4)6-10(9)18)19-13(22)8-27-14(23)7-21-15(24)17(2,3)20-16(21)25/h5-6H,7-8H2,1-4H3,(H,19,22)(H,20,25). The monoisotopic (exact) mass is 397 g/mol. The Morgan fingerprint density at radius 1 is 1.30 bits per heavy atom. The predicted octanol–water partition coefficient (Wildman–Crippen LogP) is 1.47. The molecule has 0 bridgehead atoms. The summed E-state index contributed by atoms with van der Waals surface area (Å²) in [6, 6.07) is 2.49. The van der Waals surface area contributed by atoms with E-state index in [9.17, 15) is 19.2 Å². The number of anilines is 1. The Bertz CT molecular complexity index is 808. The van der Waals surface area contributed by atoms with Crippen molar-refractivity contribution in [2.45, 2.75) is 26.3 Å². The van der Waals surface area contributed by atoms with Gasteiger partial charge in [0.1, 0.15) is 17.8 Å². The smallest absolute Gasteiger partial charge is 0.326 e. The van der Waals surface area contributed by atoms with Gasteiger partial charge >= 0.3 is 12.0 Å². The topological polar surface area (TPSA) is 114 Å². The molecule has 0 spiro atoms. The highest BCUT2D eigenvalue weighted by molar-refractivity contribution is 6.31. The first-order valence-corrected chi connectivity index (χ1v) is 8.36. The van der Waals surface area contributed by atoms with Crippen LogP contribution in [-0.4, -0.2) is 54.5 Å². The lowest BCUT2D eigenvalue weighted by molar-refractivity contribution is -0.150. The molecule has 1 saturated heterocycles. The minimum Gasteiger partial charge on any atom is -0.495 e. The van der Waals surface area contributed by atoms with E-state index in [2.05, 4.69) is 10.6 Å². The number of methoxy groups -OCH3 is 1. The molecule has 4 amide bonds. The zero-order valence-corrected chi connectivity index (χ0v) is 16.1. The molecule has 0 radical (unpaired) electrons. The van der Waals surface area contributed by atoms with Crippen LogP contribution in [0.2, 0.25) is 5.02 Å². The summed E-state index contributed by atoms with van der Waals surface area (Å²) in [5, 5.41) is 5.47. The molecule has 0 atom stereocenters. The van der Waals surface area contributed by atoms with Crippen molar-refractivity contribution in [2.75, 3.05) is 25.6 Å². The minimum absolute atomic E-state index is 0.354. The first-order chi connectivity index (χ1) is 12.5. The first-order valence-electron chi connectivity index (χ1n) is 7.99. The van der Waals surface area contributed by atoms with Crippen molar-refractivity contribution >= 4 is 41.1 Å². The van der Waals surface area contributed by atoms with Crippen LogP contribution in [0.4, 0.5) is 10.5 Å². The number of hydrogen-bond donors (Lipinski definition) is 2. The average molecular weight is 398 g/mol. The molecule has 1 aromatic rings. The summed E-state index contributed by atoms with van der Waals surface area (Å²) in [4.78, 5) is 48.4. The number of imide groups is 1. The van der Waals surface area contributed by atoms with Gasteiger partial charge < -0.3 is 20.1 Å². The molecule has 10 heteroatoms. The second-order valence-electron chi connectivity index (χ2n) is 6.46. The van der Waals surface area contributed by atoms with Gasteiger partial charge in [-0.2, -0.15) is 0 Å². The van der Waals surface area contributed by atoms with Gasteiger partial charge in [0.05, 0.1) is 12.8 Å². The molecule has 27 heavy (non-hydrogen) atoms. The molecular formula is C17H20ClN3O6. The lowest BCUT2D eigenvalue weighted by Gasteiger charge is -2.15. The van der Waals surface area contributed by atoms with E-state index in [1.807, 2.05) is 0 Å². The fourth-order valence-electron chi connectivity index (χ4n) is 2.40. The largest absolute Gasteiger partial charge is 0.495 e. The molecule has 1 fully saturated rings. The molecule has 0 unspecified atom stereocenters. The highest BCUT2D eigenvalue weighted by Crippen LogP contribution is 2.30. The van der Waals surface area contributed by atoms with Crippen LogP contribution >= 0.6 is 11.6 Å². The quantitative estimate of drug-likeness (QED) is 0.555. The lowest BCUT2D eigenvalue weighted by atomic mass is 10.1. The van der Waals surface area contributed by atoms with Gasteiger partial charge in [-0.3, -0.25) is 19.3 Å². The second kappa shape index (κ2) is 7.83. The fraction of sp³-hybridized carbons (Fsp3) is 0.412. The number of rotatable bonds is 6. The number of halogens is 1. The van der Waals surface area contributed by atoms with Gasteiger partial charge in [-0.05, 0) is 32.4 Å². The molecule has 0 aliphatic carbocycles. The van der Waals surface area contributed by atoms with E-state index < -0.39 is 42.5 Å². The van der Waals surface area contributed by atoms with Crippen LogP contribution in [0.1, 0.15) is 19.4 Å². The molecular weight excluding hydrogens is 378 g/mol. The van der Waals surface area contributed by atoms with Gasteiger partial charge in [-0.25, -0.2) is 4.79 Å². The number of nitrogens with zero attached hydrogens (tertiary/aromatic N) is 1. The molecule has 0 aromatic heterocycles. The van der Waals surface area contributed by atoms with Crippen molar-refractivity contribution in [3.63, 3.8) is 0 Å². The van der Waals surface area contributed by atoms with Gasteiger partial charge in [0, 0.05) is 11.1 Å². The van der Waals surface area contributed by atoms with Crippen molar-refractivity contribution in [3.8, 4) is 5.75 Å². The number of esters is 1. The third-order valence-electron chi connectivity index (χ3n) is 3.85. The summed E-state index contributed by atoms with van der Waals surface area (Å²) >= 11 is 6.00. The van der Waals surface area contributed by atoms with E-state index in [-0.39, 0.29) is 0 Å². The van der Waals surface area contributed by atoms with Crippen molar-refractivity contribution in [1.29, 1.82) is 0 Å². The SMILES string of the molecule is COc1cc(Cl)c(C)cc1NC(=O)COC(=O)CN1C(=O)NC(C)(C)C1=O. The molecule has 2 rings (SSSR count). The molecule has 1 aliphatic heterocycles. The maximum Gasteiger partial charge on any atom is 0.326 e. The van der Waals surface area contributed by atoms with E-state index in [0.29, 0.717) is 16.5 Å². The maximum absolute atomic E-state index is 12.0. The number of aryl methyl sites for hydroxylation is 1. The molecule has 146 valence electrons. The minimum atomic E-state index is -1.09. The molecule has 0 saturated carbocycles. The Kier molecular flexibility index (Phi) is 5.94. The zero-order valence-electron chi connectivity index (χ0n) is 15.3. The number of ether oxygens (including phenoxy) is 2. The number of carbonyl (C=O) groups excluding carboxylic acids is 4. The number of hydrogen-bond acceptors (Lipinski definition) is 6. The fourth-order valence-corrected chi connectivity index (χ4v) is 2.55. The van der Waals surface area contributed by atoms with Gasteiger partial charge in [-0.1, -0.05) is 11.6 Å². The highest BCUT2D eigenvalue weighted by Gasteiger charge is 2.45. The summed E-state index contributed by atoms with van der Waals surface area (Å²) in [6.07, 6.45) is 0. The molecule has 9 nitrogen and oxygen atoms in total. The van der Waals surface area contributed by atoms with Crippen molar-refractivity contribution < 1.29 is 28.7 Å². The van der Waals surface area contributed by atoms with Crippen LogP contribution in [0, 0.1) is 6.92 Å². The van der Waals surface area contributed by atoms with E-state index >= 15 is 0 Å². The molecule has 1 aliphatic rings. The maximum atomic E-state index is 12.0. The Labute approximate surface area is 160 Å².